The van der Waals surface area contributed by atoms with Gasteiger partial charge in [0.2, 0.25) is 0 Å². The van der Waals surface area contributed by atoms with Crippen LogP contribution in [0, 0.1) is 0 Å². The lowest BCUT2D eigenvalue weighted by molar-refractivity contribution is 0.425. The summed E-state index contributed by atoms with van der Waals surface area (Å²) in [6.07, 6.45) is 2.40. The molecule has 0 heterocycles. The standard InChI is InChI=1S/C9H10BClO2/c1-2-3-7-4-8(10(12)13)6-9(11)5-7/h2,4-6,12-13H,1,3H2. The third kappa shape index (κ3) is 2.88. The normalized spacial score (nSPS) is 9.77. The summed E-state index contributed by atoms with van der Waals surface area (Å²) in [6.45, 7) is 3.59. The fraction of sp³-hybridized carbons (Fsp3) is 0.111. The molecule has 2 N–H and O–H groups in total. The first kappa shape index (κ1) is 10.3. The Morgan fingerprint density at radius 3 is 2.62 bits per heavy atom. The zero-order chi connectivity index (χ0) is 9.84. The summed E-state index contributed by atoms with van der Waals surface area (Å²) in [4.78, 5) is 0. The maximum absolute atomic E-state index is 8.91. The van der Waals surface area contributed by atoms with E-state index in [1.807, 2.05) is 0 Å². The van der Waals surface area contributed by atoms with Crippen LogP contribution in [0.3, 0.4) is 0 Å². The molecular formula is C9H10BClO2. The first-order chi connectivity index (χ1) is 6.13. The molecule has 0 fully saturated rings. The van der Waals surface area contributed by atoms with Crippen molar-refractivity contribution in [3.8, 4) is 0 Å². The van der Waals surface area contributed by atoms with E-state index in [0.29, 0.717) is 16.9 Å². The molecule has 0 saturated carbocycles. The van der Waals surface area contributed by atoms with E-state index in [9.17, 15) is 0 Å². The van der Waals surface area contributed by atoms with Crippen LogP contribution in [0.5, 0.6) is 0 Å². The third-order valence-electron chi connectivity index (χ3n) is 1.66. The van der Waals surface area contributed by atoms with Gasteiger partial charge in [0, 0.05) is 5.02 Å². The molecule has 68 valence electrons. The van der Waals surface area contributed by atoms with Crippen LogP contribution in [0.15, 0.2) is 30.9 Å². The maximum Gasteiger partial charge on any atom is 0.488 e. The van der Waals surface area contributed by atoms with Crippen molar-refractivity contribution in [3.05, 3.63) is 41.4 Å². The fourth-order valence-electron chi connectivity index (χ4n) is 1.11. The molecule has 0 aromatic heterocycles. The predicted molar refractivity (Wildman–Crippen MR) is 55.2 cm³/mol. The van der Waals surface area contributed by atoms with Gasteiger partial charge in [-0.2, -0.15) is 0 Å². The zero-order valence-corrected chi connectivity index (χ0v) is 7.83. The lowest BCUT2D eigenvalue weighted by Gasteiger charge is -2.03. The lowest BCUT2D eigenvalue weighted by Crippen LogP contribution is -2.30. The van der Waals surface area contributed by atoms with Gasteiger partial charge in [0.1, 0.15) is 0 Å². The van der Waals surface area contributed by atoms with E-state index in [4.69, 9.17) is 21.6 Å². The Hall–Kier alpha value is -0.765. The highest BCUT2D eigenvalue weighted by Gasteiger charge is 2.11. The van der Waals surface area contributed by atoms with Gasteiger partial charge >= 0.3 is 7.12 Å². The van der Waals surface area contributed by atoms with Gasteiger partial charge in [0.15, 0.2) is 0 Å². The molecule has 0 amide bonds. The molecule has 0 unspecified atom stereocenters. The van der Waals surface area contributed by atoms with Crippen LogP contribution >= 0.6 is 11.6 Å². The summed E-state index contributed by atoms with van der Waals surface area (Å²) < 4.78 is 0. The molecule has 13 heavy (non-hydrogen) atoms. The minimum Gasteiger partial charge on any atom is -0.423 e. The molecule has 0 aliphatic heterocycles. The quantitative estimate of drug-likeness (QED) is 0.553. The molecule has 4 heteroatoms. The molecule has 0 aliphatic carbocycles. The highest BCUT2D eigenvalue weighted by Crippen LogP contribution is 2.10. The van der Waals surface area contributed by atoms with Crippen molar-refractivity contribution in [1.82, 2.24) is 0 Å². The predicted octanol–water partition coefficient (Wildman–Crippen LogP) is 0.748. The number of allylic oxidation sites excluding steroid dienone is 1. The molecule has 0 saturated heterocycles. The number of hydrogen-bond donors (Lipinski definition) is 2. The minimum absolute atomic E-state index is 0.407. The number of halogens is 1. The van der Waals surface area contributed by atoms with Gasteiger partial charge in [-0.3, -0.25) is 0 Å². The van der Waals surface area contributed by atoms with E-state index in [1.165, 1.54) is 6.07 Å². The first-order valence-corrected chi connectivity index (χ1v) is 4.27. The van der Waals surface area contributed by atoms with Crippen LogP contribution in [0.25, 0.3) is 0 Å². The van der Waals surface area contributed by atoms with Gasteiger partial charge in [0.05, 0.1) is 0 Å². The average molecular weight is 196 g/mol. The van der Waals surface area contributed by atoms with Crippen molar-refractivity contribution in [2.75, 3.05) is 0 Å². The van der Waals surface area contributed by atoms with Gasteiger partial charge in [-0.25, -0.2) is 0 Å². The Kier molecular flexibility index (Phi) is 3.54. The van der Waals surface area contributed by atoms with Crippen LogP contribution in [0.4, 0.5) is 0 Å². The van der Waals surface area contributed by atoms with E-state index < -0.39 is 7.12 Å². The Bertz CT molecular complexity index is 312. The smallest absolute Gasteiger partial charge is 0.423 e. The SMILES string of the molecule is C=CCc1cc(Cl)cc(B(O)O)c1. The van der Waals surface area contributed by atoms with Crippen molar-refractivity contribution in [3.63, 3.8) is 0 Å². The lowest BCUT2D eigenvalue weighted by atomic mass is 9.79. The largest absolute Gasteiger partial charge is 0.488 e. The molecule has 1 rings (SSSR count). The fourth-order valence-corrected chi connectivity index (χ4v) is 1.38. The Balaban J connectivity index is 3.03. The van der Waals surface area contributed by atoms with Crippen molar-refractivity contribution < 1.29 is 10.0 Å². The van der Waals surface area contributed by atoms with E-state index >= 15 is 0 Å². The Morgan fingerprint density at radius 1 is 1.38 bits per heavy atom. The molecule has 0 spiro atoms. The Labute approximate surface area is 82.6 Å². The number of benzene rings is 1. The Morgan fingerprint density at radius 2 is 2.08 bits per heavy atom. The van der Waals surface area contributed by atoms with Gasteiger partial charge in [-0.05, 0) is 29.6 Å². The summed E-state index contributed by atoms with van der Waals surface area (Å²) in [5.74, 6) is 0. The summed E-state index contributed by atoms with van der Waals surface area (Å²) >= 11 is 5.77. The van der Waals surface area contributed by atoms with Crippen LogP contribution in [0.2, 0.25) is 5.02 Å². The monoisotopic (exact) mass is 196 g/mol. The van der Waals surface area contributed by atoms with Gasteiger partial charge in [-0.15, -0.1) is 6.58 Å². The molecule has 0 atom stereocenters. The van der Waals surface area contributed by atoms with Gasteiger partial charge in [-0.1, -0.05) is 23.7 Å². The first-order valence-electron chi connectivity index (χ1n) is 3.90. The van der Waals surface area contributed by atoms with E-state index in [0.717, 1.165) is 5.56 Å². The third-order valence-corrected chi connectivity index (χ3v) is 1.88. The van der Waals surface area contributed by atoms with Crippen molar-refractivity contribution in [2.45, 2.75) is 6.42 Å². The average Bonchev–Trinajstić information content (AvgIpc) is 2.03. The molecule has 0 aliphatic rings. The topological polar surface area (TPSA) is 40.5 Å². The van der Waals surface area contributed by atoms with E-state index in [-0.39, 0.29) is 0 Å². The van der Waals surface area contributed by atoms with Crippen LogP contribution in [-0.2, 0) is 6.42 Å². The molecule has 1 aromatic rings. The highest BCUT2D eigenvalue weighted by atomic mass is 35.5. The van der Waals surface area contributed by atoms with Crippen LogP contribution in [0.1, 0.15) is 5.56 Å². The van der Waals surface area contributed by atoms with E-state index in [2.05, 4.69) is 6.58 Å². The molecule has 0 radical (unpaired) electrons. The summed E-state index contributed by atoms with van der Waals surface area (Å²) in [7, 11) is -1.47. The second kappa shape index (κ2) is 4.47. The van der Waals surface area contributed by atoms with Crippen molar-refractivity contribution >= 4 is 24.2 Å². The molecular weight excluding hydrogens is 186 g/mol. The second-order valence-corrected chi connectivity index (χ2v) is 3.20. The molecule has 2 nitrogen and oxygen atoms in total. The second-order valence-electron chi connectivity index (χ2n) is 2.76. The van der Waals surface area contributed by atoms with Crippen molar-refractivity contribution in [2.24, 2.45) is 0 Å². The zero-order valence-electron chi connectivity index (χ0n) is 7.07. The van der Waals surface area contributed by atoms with Crippen molar-refractivity contribution in [1.29, 1.82) is 0 Å². The van der Waals surface area contributed by atoms with Crippen LogP contribution in [-0.4, -0.2) is 17.2 Å². The maximum atomic E-state index is 8.91. The summed E-state index contributed by atoms with van der Waals surface area (Å²) in [6, 6.07) is 4.99. The number of rotatable bonds is 3. The molecule has 1 aromatic carbocycles. The van der Waals surface area contributed by atoms with Gasteiger partial charge < -0.3 is 10.0 Å². The summed E-state index contributed by atoms with van der Waals surface area (Å²) in [5, 5.41) is 18.3. The van der Waals surface area contributed by atoms with Crippen LogP contribution < -0.4 is 5.46 Å². The van der Waals surface area contributed by atoms with E-state index in [1.54, 1.807) is 18.2 Å². The van der Waals surface area contributed by atoms with Gasteiger partial charge in [0.25, 0.3) is 0 Å². The highest BCUT2D eigenvalue weighted by molar-refractivity contribution is 6.59. The number of hydrogen-bond acceptors (Lipinski definition) is 2. The molecule has 0 bridgehead atoms. The summed E-state index contributed by atoms with van der Waals surface area (Å²) in [5.41, 5.74) is 1.33. The minimum atomic E-state index is -1.47.